The maximum atomic E-state index is 7.76. The highest BCUT2D eigenvalue weighted by molar-refractivity contribution is 6.47. The Morgan fingerprint density at radius 1 is 1.00 bits per heavy atom. The Morgan fingerprint density at radius 3 is 2.12 bits per heavy atom. The van der Waals surface area contributed by atoms with E-state index in [1.54, 1.807) is 0 Å². The van der Waals surface area contributed by atoms with E-state index >= 15 is 0 Å². The van der Waals surface area contributed by atoms with Crippen LogP contribution in [0.1, 0.15) is 11.1 Å². The number of halogens is 2. The first kappa shape index (κ1) is 10.6. The summed E-state index contributed by atoms with van der Waals surface area (Å²) >= 11 is 12.6. The molecule has 0 bridgehead atoms. The van der Waals surface area contributed by atoms with Crippen LogP contribution < -0.4 is 5.73 Å². The Kier molecular flexibility index (Phi) is 2.15. The number of rotatable bonds is 0. The van der Waals surface area contributed by atoms with Crippen LogP contribution in [0.4, 0.5) is 0 Å². The van der Waals surface area contributed by atoms with Crippen LogP contribution in [-0.2, 0) is 0 Å². The lowest BCUT2D eigenvalue weighted by molar-refractivity contribution is 1.45. The lowest BCUT2D eigenvalue weighted by Crippen LogP contribution is -2.11. The molecule has 3 rings (SSSR count). The standard InChI is InChI=1S/C12H7Cl2N3/c13-9-5-3-1-2-4-6(5)10(14)8-7(9)11(15)17-12(8)16/h1-4H,(H3,15,16,17). The molecule has 0 aliphatic carbocycles. The molecule has 0 amide bonds. The van der Waals surface area contributed by atoms with E-state index in [1.807, 2.05) is 24.3 Å². The summed E-state index contributed by atoms with van der Waals surface area (Å²) in [6.07, 6.45) is 0. The van der Waals surface area contributed by atoms with E-state index in [9.17, 15) is 0 Å². The third-order valence-electron chi connectivity index (χ3n) is 2.81. The lowest BCUT2D eigenvalue weighted by atomic mass is 10.0. The Labute approximate surface area is 107 Å². The van der Waals surface area contributed by atoms with Gasteiger partial charge in [-0.3, -0.25) is 5.41 Å². The summed E-state index contributed by atoms with van der Waals surface area (Å²) in [5.41, 5.74) is 6.85. The lowest BCUT2D eigenvalue weighted by Gasteiger charge is -2.10. The second-order valence-electron chi connectivity index (χ2n) is 3.77. The number of amidine groups is 2. The van der Waals surface area contributed by atoms with E-state index in [1.165, 1.54) is 0 Å². The summed E-state index contributed by atoms with van der Waals surface area (Å²) in [5.74, 6) is 0.317. The van der Waals surface area contributed by atoms with Crippen LogP contribution in [0.2, 0.25) is 10.0 Å². The van der Waals surface area contributed by atoms with Crippen molar-refractivity contribution in [3.05, 3.63) is 45.4 Å². The van der Waals surface area contributed by atoms with E-state index in [-0.39, 0.29) is 11.7 Å². The number of nitrogens with one attached hydrogen (secondary N) is 1. The van der Waals surface area contributed by atoms with Crippen molar-refractivity contribution in [2.24, 2.45) is 10.7 Å². The third-order valence-corrected chi connectivity index (χ3v) is 3.60. The van der Waals surface area contributed by atoms with Crippen molar-refractivity contribution >= 4 is 45.6 Å². The van der Waals surface area contributed by atoms with Gasteiger partial charge in [-0.1, -0.05) is 47.5 Å². The first-order chi connectivity index (χ1) is 8.11. The Hall–Kier alpha value is -1.58. The van der Waals surface area contributed by atoms with E-state index in [0.717, 1.165) is 10.8 Å². The molecule has 0 aromatic heterocycles. The molecule has 0 saturated heterocycles. The molecule has 0 saturated carbocycles. The molecule has 0 spiro atoms. The van der Waals surface area contributed by atoms with Gasteiger partial charge in [-0.15, -0.1) is 0 Å². The van der Waals surface area contributed by atoms with Crippen LogP contribution in [0.5, 0.6) is 0 Å². The van der Waals surface area contributed by atoms with Crippen molar-refractivity contribution in [3.63, 3.8) is 0 Å². The molecule has 3 nitrogen and oxygen atoms in total. The molecule has 3 N–H and O–H groups in total. The van der Waals surface area contributed by atoms with Crippen LogP contribution >= 0.6 is 23.2 Å². The van der Waals surface area contributed by atoms with Gasteiger partial charge >= 0.3 is 0 Å². The average Bonchev–Trinajstić information content (AvgIpc) is 2.62. The zero-order valence-corrected chi connectivity index (χ0v) is 10.1. The summed E-state index contributed by atoms with van der Waals surface area (Å²) in [7, 11) is 0. The second-order valence-corrected chi connectivity index (χ2v) is 4.53. The molecule has 0 unspecified atom stereocenters. The molecule has 5 heteroatoms. The van der Waals surface area contributed by atoms with Crippen molar-refractivity contribution in [3.8, 4) is 0 Å². The number of nitrogens with two attached hydrogens (primary N) is 1. The van der Waals surface area contributed by atoms with Crippen molar-refractivity contribution in [2.45, 2.75) is 0 Å². The van der Waals surface area contributed by atoms with Gasteiger partial charge in [-0.05, 0) is 0 Å². The summed E-state index contributed by atoms with van der Waals surface area (Å²) in [4.78, 5) is 3.91. The minimum absolute atomic E-state index is 0.0650. The number of aliphatic imine (C=N–C) groups is 1. The smallest absolute Gasteiger partial charge is 0.156 e. The largest absolute Gasteiger partial charge is 0.383 e. The molecule has 0 atom stereocenters. The fraction of sp³-hybridized carbons (Fsp3) is 0. The molecule has 2 aromatic carbocycles. The Bertz CT molecular complexity index is 704. The minimum Gasteiger partial charge on any atom is -0.383 e. The number of hydrogen-bond acceptors (Lipinski definition) is 2. The quantitative estimate of drug-likeness (QED) is 0.754. The molecule has 0 fully saturated rings. The molecule has 17 heavy (non-hydrogen) atoms. The van der Waals surface area contributed by atoms with Crippen LogP contribution in [0, 0.1) is 5.41 Å². The SMILES string of the molecule is N=C1N=C(N)c2c1c(Cl)c1ccccc1c2Cl. The molecule has 84 valence electrons. The topological polar surface area (TPSA) is 62.2 Å². The summed E-state index contributed by atoms with van der Waals surface area (Å²) in [6, 6.07) is 7.49. The highest BCUT2D eigenvalue weighted by atomic mass is 35.5. The van der Waals surface area contributed by atoms with Gasteiger partial charge in [0.05, 0.1) is 15.6 Å². The number of fused-ring (bicyclic) bond motifs is 2. The van der Waals surface area contributed by atoms with Gasteiger partial charge in [0, 0.05) is 16.3 Å². The zero-order chi connectivity index (χ0) is 12.2. The van der Waals surface area contributed by atoms with Crippen molar-refractivity contribution in [1.29, 1.82) is 5.41 Å². The highest BCUT2D eigenvalue weighted by Crippen LogP contribution is 2.39. The van der Waals surface area contributed by atoms with Gasteiger partial charge < -0.3 is 5.73 Å². The van der Waals surface area contributed by atoms with Crippen molar-refractivity contribution < 1.29 is 0 Å². The van der Waals surface area contributed by atoms with E-state index < -0.39 is 0 Å². The summed E-state index contributed by atoms with van der Waals surface area (Å²) < 4.78 is 0. The predicted octanol–water partition coefficient (Wildman–Crippen LogP) is 3.19. The van der Waals surface area contributed by atoms with Gasteiger partial charge in [-0.2, -0.15) is 0 Å². The summed E-state index contributed by atoms with van der Waals surface area (Å²) in [6.45, 7) is 0. The maximum absolute atomic E-state index is 7.76. The molecule has 1 aliphatic rings. The van der Waals surface area contributed by atoms with Gasteiger partial charge in [0.2, 0.25) is 0 Å². The average molecular weight is 264 g/mol. The van der Waals surface area contributed by atoms with Crippen LogP contribution in [0.25, 0.3) is 10.8 Å². The molecular weight excluding hydrogens is 257 g/mol. The minimum atomic E-state index is 0.0650. The fourth-order valence-corrected chi connectivity index (χ4v) is 2.75. The first-order valence-electron chi connectivity index (χ1n) is 4.94. The fourth-order valence-electron chi connectivity index (χ4n) is 2.05. The Balaban J connectivity index is 2.57. The summed E-state index contributed by atoms with van der Waals surface area (Å²) in [5, 5.41) is 10.4. The molecule has 0 radical (unpaired) electrons. The van der Waals surface area contributed by atoms with Crippen molar-refractivity contribution in [1.82, 2.24) is 0 Å². The second kappa shape index (κ2) is 3.45. The van der Waals surface area contributed by atoms with E-state index in [0.29, 0.717) is 21.2 Å². The monoisotopic (exact) mass is 263 g/mol. The third kappa shape index (κ3) is 1.30. The molecule has 1 heterocycles. The normalized spacial score (nSPS) is 14.0. The van der Waals surface area contributed by atoms with Crippen LogP contribution in [0.3, 0.4) is 0 Å². The number of hydrogen-bond donors (Lipinski definition) is 2. The van der Waals surface area contributed by atoms with Crippen LogP contribution in [-0.4, -0.2) is 11.7 Å². The number of benzene rings is 2. The molecule has 1 aliphatic heterocycles. The van der Waals surface area contributed by atoms with Gasteiger partial charge in [-0.25, -0.2) is 4.99 Å². The highest BCUT2D eigenvalue weighted by Gasteiger charge is 2.27. The first-order valence-corrected chi connectivity index (χ1v) is 5.70. The van der Waals surface area contributed by atoms with E-state index in [4.69, 9.17) is 34.3 Å². The molecular formula is C12H7Cl2N3. The van der Waals surface area contributed by atoms with Gasteiger partial charge in [0.1, 0.15) is 5.84 Å². The van der Waals surface area contributed by atoms with Gasteiger partial charge in [0.15, 0.2) is 5.84 Å². The zero-order valence-electron chi connectivity index (χ0n) is 8.59. The van der Waals surface area contributed by atoms with Crippen molar-refractivity contribution in [2.75, 3.05) is 0 Å². The van der Waals surface area contributed by atoms with E-state index in [2.05, 4.69) is 4.99 Å². The molecule has 2 aromatic rings. The van der Waals surface area contributed by atoms with Crippen LogP contribution in [0.15, 0.2) is 29.3 Å². The predicted molar refractivity (Wildman–Crippen MR) is 71.5 cm³/mol. The van der Waals surface area contributed by atoms with Gasteiger partial charge in [0.25, 0.3) is 0 Å². The number of nitrogens with zero attached hydrogens (tertiary/aromatic N) is 1. The maximum Gasteiger partial charge on any atom is 0.156 e. The Morgan fingerprint density at radius 2 is 1.53 bits per heavy atom.